The smallest absolute Gasteiger partial charge is 0.339 e. The summed E-state index contributed by atoms with van der Waals surface area (Å²) >= 11 is 0. The molecule has 0 fully saturated rings. The summed E-state index contributed by atoms with van der Waals surface area (Å²) in [6.45, 7) is 2.71. The SMILES string of the molecule is CCCn1c(NC(=O)c2ccc(OS(=O)(=O)c3cccc([N+](=O)[O-])c3)cc2)nc2ccccc21. The molecule has 0 spiro atoms. The van der Waals surface area contributed by atoms with Crippen LogP contribution in [0, 0.1) is 10.1 Å². The molecule has 1 N–H and O–H groups in total. The van der Waals surface area contributed by atoms with Crippen LogP contribution in [-0.4, -0.2) is 28.8 Å². The van der Waals surface area contributed by atoms with Gasteiger partial charge in [0.25, 0.3) is 11.6 Å². The number of benzene rings is 3. The average molecular weight is 481 g/mol. The summed E-state index contributed by atoms with van der Waals surface area (Å²) in [6.07, 6.45) is 0.855. The second-order valence-electron chi connectivity index (χ2n) is 7.35. The third-order valence-electron chi connectivity index (χ3n) is 4.97. The maximum atomic E-state index is 12.8. The van der Waals surface area contributed by atoms with Crippen molar-refractivity contribution in [3.8, 4) is 5.75 Å². The number of fused-ring (bicyclic) bond motifs is 1. The van der Waals surface area contributed by atoms with Gasteiger partial charge < -0.3 is 8.75 Å². The van der Waals surface area contributed by atoms with Crippen molar-refractivity contribution in [1.82, 2.24) is 9.55 Å². The number of anilines is 1. The number of para-hydroxylation sites is 2. The van der Waals surface area contributed by atoms with Crippen LogP contribution < -0.4 is 9.50 Å². The predicted molar refractivity (Wildman–Crippen MR) is 125 cm³/mol. The van der Waals surface area contributed by atoms with E-state index in [4.69, 9.17) is 4.18 Å². The number of hydrogen-bond donors (Lipinski definition) is 1. The van der Waals surface area contributed by atoms with Gasteiger partial charge >= 0.3 is 10.1 Å². The van der Waals surface area contributed by atoms with E-state index in [0.717, 1.165) is 23.5 Å². The number of nitro groups is 1. The Morgan fingerprint density at radius 2 is 1.82 bits per heavy atom. The van der Waals surface area contributed by atoms with Crippen molar-refractivity contribution in [3.63, 3.8) is 0 Å². The molecule has 1 aromatic heterocycles. The first-order valence-corrected chi connectivity index (χ1v) is 11.7. The molecule has 1 amide bonds. The highest BCUT2D eigenvalue weighted by Gasteiger charge is 2.20. The van der Waals surface area contributed by atoms with Crippen LogP contribution in [0.15, 0.2) is 77.7 Å². The fraction of sp³-hybridized carbons (Fsp3) is 0.130. The highest BCUT2D eigenvalue weighted by molar-refractivity contribution is 7.87. The monoisotopic (exact) mass is 480 g/mol. The molecule has 0 aliphatic heterocycles. The number of non-ortho nitro benzene ring substituents is 1. The van der Waals surface area contributed by atoms with Gasteiger partial charge in [-0.3, -0.25) is 20.2 Å². The number of amides is 1. The second-order valence-corrected chi connectivity index (χ2v) is 8.89. The molecule has 3 aromatic carbocycles. The van der Waals surface area contributed by atoms with Gasteiger partial charge in [0, 0.05) is 24.2 Å². The lowest BCUT2D eigenvalue weighted by Gasteiger charge is -2.10. The van der Waals surface area contributed by atoms with Crippen molar-refractivity contribution in [3.05, 3.63) is 88.5 Å². The van der Waals surface area contributed by atoms with E-state index in [-0.39, 0.29) is 21.9 Å². The Morgan fingerprint density at radius 3 is 2.53 bits per heavy atom. The van der Waals surface area contributed by atoms with Crippen LogP contribution in [-0.2, 0) is 16.7 Å². The van der Waals surface area contributed by atoms with Crippen LogP contribution in [0.3, 0.4) is 0 Å². The van der Waals surface area contributed by atoms with E-state index in [2.05, 4.69) is 10.3 Å². The predicted octanol–water partition coefficient (Wildman–Crippen LogP) is 4.37. The van der Waals surface area contributed by atoms with Crippen LogP contribution in [0.2, 0.25) is 0 Å². The lowest BCUT2D eigenvalue weighted by molar-refractivity contribution is -0.385. The van der Waals surface area contributed by atoms with Crippen LogP contribution >= 0.6 is 0 Å². The first-order chi connectivity index (χ1) is 16.3. The van der Waals surface area contributed by atoms with Crippen molar-refractivity contribution in [2.45, 2.75) is 24.8 Å². The molecule has 174 valence electrons. The van der Waals surface area contributed by atoms with E-state index in [1.165, 1.54) is 42.5 Å². The van der Waals surface area contributed by atoms with E-state index in [0.29, 0.717) is 12.5 Å². The van der Waals surface area contributed by atoms with Crippen molar-refractivity contribution >= 4 is 38.7 Å². The Labute approximate surface area is 195 Å². The molecule has 4 rings (SSSR count). The summed E-state index contributed by atoms with van der Waals surface area (Å²) in [6, 6.07) is 17.6. The van der Waals surface area contributed by atoms with E-state index in [1.54, 1.807) is 0 Å². The zero-order chi connectivity index (χ0) is 24.3. The molecule has 0 saturated carbocycles. The summed E-state index contributed by atoms with van der Waals surface area (Å²) in [4.78, 5) is 27.1. The lowest BCUT2D eigenvalue weighted by atomic mass is 10.2. The van der Waals surface area contributed by atoms with Gasteiger partial charge in [-0.05, 0) is 48.9 Å². The maximum Gasteiger partial charge on any atom is 0.339 e. The molecule has 0 radical (unpaired) electrons. The first-order valence-electron chi connectivity index (χ1n) is 10.3. The molecule has 1 heterocycles. The van der Waals surface area contributed by atoms with Crippen LogP contribution in [0.4, 0.5) is 11.6 Å². The number of carbonyl (C=O) groups excluding carboxylic acids is 1. The first kappa shape index (κ1) is 22.9. The van der Waals surface area contributed by atoms with E-state index in [9.17, 15) is 23.3 Å². The van der Waals surface area contributed by atoms with Crippen molar-refractivity contribution in [2.75, 3.05) is 5.32 Å². The standard InChI is InChI=1S/C23H20N4O6S/c1-2-14-26-21-9-4-3-8-20(21)24-23(26)25-22(28)16-10-12-18(13-11-16)33-34(31,32)19-7-5-6-17(15-19)27(29)30/h3-13,15H,2,14H2,1H3,(H,24,25,28). The molecular weight excluding hydrogens is 460 g/mol. The minimum atomic E-state index is -4.30. The normalized spacial score (nSPS) is 11.3. The number of hydrogen-bond acceptors (Lipinski definition) is 7. The zero-order valence-electron chi connectivity index (χ0n) is 18.0. The summed E-state index contributed by atoms with van der Waals surface area (Å²) in [5.74, 6) is -0.0383. The fourth-order valence-corrected chi connectivity index (χ4v) is 4.35. The number of carbonyl (C=O) groups is 1. The van der Waals surface area contributed by atoms with Gasteiger partial charge in [-0.25, -0.2) is 4.98 Å². The van der Waals surface area contributed by atoms with E-state index in [1.807, 2.05) is 35.8 Å². The highest BCUT2D eigenvalue weighted by atomic mass is 32.2. The number of aromatic nitrogens is 2. The lowest BCUT2D eigenvalue weighted by Crippen LogP contribution is -2.16. The zero-order valence-corrected chi connectivity index (χ0v) is 18.9. The number of nitrogens with one attached hydrogen (secondary N) is 1. The Balaban J connectivity index is 1.51. The minimum Gasteiger partial charge on any atom is -0.379 e. The molecule has 0 aliphatic carbocycles. The molecular formula is C23H20N4O6S. The summed E-state index contributed by atoms with van der Waals surface area (Å²) in [5.41, 5.74) is 1.58. The number of imidazole rings is 1. The van der Waals surface area contributed by atoms with Gasteiger partial charge in [0.2, 0.25) is 5.95 Å². The van der Waals surface area contributed by atoms with Gasteiger partial charge in [-0.1, -0.05) is 25.1 Å². The third kappa shape index (κ3) is 4.74. The summed E-state index contributed by atoms with van der Waals surface area (Å²) in [7, 11) is -4.30. The van der Waals surface area contributed by atoms with Crippen LogP contribution in [0.25, 0.3) is 11.0 Å². The average Bonchev–Trinajstić information content (AvgIpc) is 3.16. The van der Waals surface area contributed by atoms with Gasteiger partial charge in [-0.2, -0.15) is 8.42 Å². The largest absolute Gasteiger partial charge is 0.379 e. The number of nitrogens with zero attached hydrogens (tertiary/aromatic N) is 3. The van der Waals surface area contributed by atoms with E-state index >= 15 is 0 Å². The molecule has 0 unspecified atom stereocenters. The molecule has 0 bridgehead atoms. The molecule has 4 aromatic rings. The van der Waals surface area contributed by atoms with Gasteiger partial charge in [-0.15, -0.1) is 0 Å². The highest BCUT2D eigenvalue weighted by Crippen LogP contribution is 2.24. The minimum absolute atomic E-state index is 0.0405. The molecule has 0 aliphatic rings. The second kappa shape index (κ2) is 9.32. The fourth-order valence-electron chi connectivity index (χ4n) is 3.38. The maximum absolute atomic E-state index is 12.8. The number of nitro benzene ring substituents is 1. The summed E-state index contributed by atoms with van der Waals surface area (Å²) in [5, 5.41) is 13.7. The molecule has 0 atom stereocenters. The third-order valence-corrected chi connectivity index (χ3v) is 6.21. The Morgan fingerprint density at radius 1 is 1.09 bits per heavy atom. The molecule has 0 saturated heterocycles. The molecule has 34 heavy (non-hydrogen) atoms. The number of rotatable bonds is 8. The number of aryl methyl sites for hydroxylation is 1. The van der Waals surface area contributed by atoms with Crippen molar-refractivity contribution in [2.24, 2.45) is 0 Å². The van der Waals surface area contributed by atoms with Crippen molar-refractivity contribution < 1.29 is 22.3 Å². The topological polar surface area (TPSA) is 133 Å². The van der Waals surface area contributed by atoms with Crippen LogP contribution in [0.5, 0.6) is 5.75 Å². The van der Waals surface area contributed by atoms with Gasteiger partial charge in [0.05, 0.1) is 16.0 Å². The van der Waals surface area contributed by atoms with Crippen molar-refractivity contribution in [1.29, 1.82) is 0 Å². The Kier molecular flexibility index (Phi) is 6.28. The van der Waals surface area contributed by atoms with Gasteiger partial charge in [0.15, 0.2) is 0 Å². The Bertz CT molecular complexity index is 1480. The molecule has 10 nitrogen and oxygen atoms in total. The van der Waals surface area contributed by atoms with Crippen LogP contribution in [0.1, 0.15) is 23.7 Å². The Hall–Kier alpha value is -4.25. The summed E-state index contributed by atoms with van der Waals surface area (Å²) < 4.78 is 32.0. The van der Waals surface area contributed by atoms with E-state index < -0.39 is 20.9 Å². The quantitative estimate of drug-likeness (QED) is 0.225. The van der Waals surface area contributed by atoms with Gasteiger partial charge in [0.1, 0.15) is 10.6 Å². The molecule has 11 heteroatoms.